The average Bonchev–Trinajstić information content (AvgIpc) is 2.59. The van der Waals surface area contributed by atoms with Gasteiger partial charge in [-0.15, -0.1) is 0 Å². The van der Waals surface area contributed by atoms with Crippen molar-refractivity contribution in [3.8, 4) is 0 Å². The van der Waals surface area contributed by atoms with Gasteiger partial charge < -0.3 is 0 Å². The molecule has 0 radical (unpaired) electrons. The van der Waals surface area contributed by atoms with E-state index in [0.29, 0.717) is 0 Å². The fraction of sp³-hybridized carbons (Fsp3) is 0.429. The van der Waals surface area contributed by atoms with E-state index in [9.17, 15) is 0 Å². The van der Waals surface area contributed by atoms with Gasteiger partial charge in [0.05, 0.1) is 0 Å². The van der Waals surface area contributed by atoms with Crippen LogP contribution in [0.3, 0.4) is 0 Å². The monoisotopic (exact) mass is 318 g/mol. The zero-order valence-electron chi connectivity index (χ0n) is 11.0. The zero-order valence-corrected chi connectivity index (χ0v) is 14.1. The first kappa shape index (κ1) is 14.6. The van der Waals surface area contributed by atoms with Crippen LogP contribution in [0.25, 0.3) is 6.08 Å². The Bertz CT molecular complexity index is 471. The van der Waals surface area contributed by atoms with Crippen LogP contribution < -0.4 is 0 Å². The first-order valence-electron chi connectivity index (χ1n) is 6.10. The van der Waals surface area contributed by atoms with Gasteiger partial charge in [-0.3, -0.25) is 0 Å². The maximum absolute atomic E-state index is 6.52. The third kappa shape index (κ3) is 2.44. The van der Waals surface area contributed by atoms with E-state index in [1.54, 1.807) is 0 Å². The maximum atomic E-state index is 6.52. The van der Waals surface area contributed by atoms with Gasteiger partial charge in [0.2, 0.25) is 0 Å². The summed E-state index contributed by atoms with van der Waals surface area (Å²) < 4.78 is -0.0655. The second-order valence-electron chi connectivity index (χ2n) is 5.13. The molecule has 0 aliphatic heterocycles. The van der Waals surface area contributed by atoms with Crippen LogP contribution in [0.15, 0.2) is 29.8 Å². The van der Waals surface area contributed by atoms with E-state index in [1.165, 1.54) is 16.7 Å². The molecular weight excluding hydrogens is 301 g/mol. The van der Waals surface area contributed by atoms with Crippen molar-refractivity contribution in [1.82, 2.24) is 4.90 Å². The van der Waals surface area contributed by atoms with Crippen molar-refractivity contribution in [1.29, 1.82) is 0 Å². The van der Waals surface area contributed by atoms with Gasteiger partial charge in [-0.25, -0.2) is 0 Å². The van der Waals surface area contributed by atoms with E-state index < -0.39 is 15.7 Å². The summed E-state index contributed by atoms with van der Waals surface area (Å²) in [5, 5.41) is 0. The minimum absolute atomic E-state index is 0.0655. The molecule has 0 spiro atoms. The molecule has 0 bridgehead atoms. The van der Waals surface area contributed by atoms with Crippen molar-refractivity contribution in [3.05, 3.63) is 41.0 Å². The molecule has 0 saturated heterocycles. The van der Waals surface area contributed by atoms with Crippen LogP contribution in [0.2, 0.25) is 0 Å². The second-order valence-corrected chi connectivity index (χ2v) is 11.2. The number of halogens is 2. The molecule has 1 nitrogen and oxygen atoms in total. The molecule has 1 unspecified atom stereocenters. The number of allylic oxidation sites excluding steroid dienone is 1. The van der Waals surface area contributed by atoms with E-state index in [2.05, 4.69) is 56.3 Å². The quantitative estimate of drug-likeness (QED) is 0.753. The van der Waals surface area contributed by atoms with Crippen LogP contribution in [-0.2, 0) is 19.5 Å². The van der Waals surface area contributed by atoms with Gasteiger partial charge >= 0.3 is 124 Å². The Morgan fingerprint density at radius 1 is 1.22 bits per heavy atom. The number of hydrogen-bond donors (Lipinski definition) is 0. The first-order valence-corrected chi connectivity index (χ1v) is 11.2. The van der Waals surface area contributed by atoms with Crippen LogP contribution in [0.5, 0.6) is 0 Å². The van der Waals surface area contributed by atoms with Crippen LogP contribution >= 0.6 is 18.6 Å². The standard InChI is InChI=1S/C14H18N.2ClH.Ti/c1-11-10-12-6-4-5-7-14(12)13(11)8-9-15(2)3;;;/h4-7,10H,8-9H2,1-3H3;2*1H;/q;;;+2/p-2. The molecule has 18 heavy (non-hydrogen) atoms. The predicted octanol–water partition coefficient (Wildman–Crippen LogP) is 4.18. The number of nitrogens with zero attached hydrogens (tertiary/aromatic N) is 1. The third-order valence-corrected chi connectivity index (χ3v) is 8.82. The van der Waals surface area contributed by atoms with Crippen molar-refractivity contribution in [2.75, 3.05) is 20.6 Å². The van der Waals surface area contributed by atoms with E-state index in [4.69, 9.17) is 18.6 Å². The topological polar surface area (TPSA) is 3.24 Å². The van der Waals surface area contributed by atoms with Crippen molar-refractivity contribution in [2.24, 2.45) is 0 Å². The van der Waals surface area contributed by atoms with E-state index in [1.807, 2.05) is 0 Å². The third-order valence-electron chi connectivity index (χ3n) is 3.72. The summed E-state index contributed by atoms with van der Waals surface area (Å²) in [5.74, 6) is 0. The van der Waals surface area contributed by atoms with E-state index >= 15 is 0 Å². The molecular formula is C14H18Cl2NTi. The summed E-state index contributed by atoms with van der Waals surface area (Å²) in [4.78, 5) is 2.20. The van der Waals surface area contributed by atoms with Crippen LogP contribution in [0.1, 0.15) is 24.5 Å². The Morgan fingerprint density at radius 2 is 1.89 bits per heavy atom. The van der Waals surface area contributed by atoms with Gasteiger partial charge in [-0.2, -0.15) is 0 Å². The van der Waals surface area contributed by atoms with Crippen molar-refractivity contribution in [2.45, 2.75) is 17.1 Å². The number of rotatable bonds is 4. The van der Waals surface area contributed by atoms with E-state index in [-0.39, 0.29) is 3.72 Å². The Morgan fingerprint density at radius 3 is 2.50 bits per heavy atom. The normalized spacial score (nSPS) is 22.0. The molecule has 0 fully saturated rings. The summed E-state index contributed by atoms with van der Waals surface area (Å²) >= 11 is -2.15. The van der Waals surface area contributed by atoms with Crippen molar-refractivity contribution >= 4 is 24.7 Å². The van der Waals surface area contributed by atoms with Gasteiger partial charge in [0, 0.05) is 0 Å². The van der Waals surface area contributed by atoms with Crippen LogP contribution in [0, 0.1) is 0 Å². The van der Waals surface area contributed by atoms with Crippen LogP contribution in [0.4, 0.5) is 0 Å². The molecule has 2 rings (SSSR count). The summed E-state index contributed by atoms with van der Waals surface area (Å²) in [7, 11) is 17.2. The molecule has 0 heterocycles. The molecule has 0 aromatic heterocycles. The first-order chi connectivity index (χ1) is 8.48. The summed E-state index contributed by atoms with van der Waals surface area (Å²) in [6.07, 6.45) is 3.27. The molecule has 1 aromatic rings. The number of hydrogen-bond acceptors (Lipinski definition) is 1. The zero-order chi connectivity index (χ0) is 13.3. The van der Waals surface area contributed by atoms with E-state index in [0.717, 1.165) is 13.0 Å². The summed E-state index contributed by atoms with van der Waals surface area (Å²) in [5.41, 5.74) is 3.97. The minimum atomic E-state index is -2.15. The summed E-state index contributed by atoms with van der Waals surface area (Å²) in [6, 6.07) is 8.51. The number of fused-ring (bicyclic) bond motifs is 1. The molecule has 0 N–H and O–H groups in total. The van der Waals surface area contributed by atoms with Gasteiger partial charge in [-0.05, 0) is 0 Å². The van der Waals surface area contributed by atoms with Crippen LogP contribution in [-0.4, -0.2) is 25.5 Å². The average molecular weight is 319 g/mol. The Balaban J connectivity index is 2.45. The molecule has 1 atom stereocenters. The Kier molecular flexibility index (Phi) is 4.62. The van der Waals surface area contributed by atoms with Gasteiger partial charge in [0.15, 0.2) is 0 Å². The number of benzene rings is 1. The molecule has 1 aliphatic rings. The summed E-state index contributed by atoms with van der Waals surface area (Å²) in [6.45, 7) is 3.18. The molecule has 0 amide bonds. The molecule has 1 aliphatic carbocycles. The fourth-order valence-electron chi connectivity index (χ4n) is 2.65. The Hall–Kier alpha value is 0.214. The Labute approximate surface area is 123 Å². The van der Waals surface area contributed by atoms with Crippen molar-refractivity contribution in [3.63, 3.8) is 0 Å². The molecule has 4 heteroatoms. The SMILES string of the molecule is CC1=Cc2ccccc2[C]1(CCN(C)C)[Ti]([Cl])[Cl]. The predicted molar refractivity (Wildman–Crippen MR) is 76.6 cm³/mol. The van der Waals surface area contributed by atoms with Gasteiger partial charge in [-0.1, -0.05) is 0 Å². The second kappa shape index (κ2) is 5.69. The fourth-order valence-corrected chi connectivity index (χ4v) is 7.22. The molecule has 97 valence electrons. The van der Waals surface area contributed by atoms with Gasteiger partial charge in [0.1, 0.15) is 0 Å². The molecule has 0 saturated carbocycles. The van der Waals surface area contributed by atoms with Crippen molar-refractivity contribution < 1.29 is 15.7 Å². The van der Waals surface area contributed by atoms with Gasteiger partial charge in [0.25, 0.3) is 0 Å². The molecule has 1 aromatic carbocycles.